The van der Waals surface area contributed by atoms with E-state index in [4.69, 9.17) is 4.74 Å². The molecule has 0 heterocycles. The quantitative estimate of drug-likeness (QED) is 0.694. The molecular formula is C16H22N2O5. The highest BCUT2D eigenvalue weighted by Gasteiger charge is 2.21. The molecule has 0 aliphatic rings. The Hall–Kier alpha value is -2.57. The lowest BCUT2D eigenvalue weighted by molar-refractivity contribution is -0.137. The van der Waals surface area contributed by atoms with E-state index in [1.807, 2.05) is 0 Å². The van der Waals surface area contributed by atoms with Crippen molar-refractivity contribution in [1.29, 1.82) is 0 Å². The molecule has 126 valence electrons. The number of anilines is 1. The lowest BCUT2D eigenvalue weighted by atomic mass is 10.1. The molecule has 0 aliphatic heterocycles. The van der Waals surface area contributed by atoms with Gasteiger partial charge >= 0.3 is 12.1 Å². The van der Waals surface area contributed by atoms with E-state index in [9.17, 15) is 19.5 Å². The molecule has 1 rings (SSSR count). The third-order valence-corrected chi connectivity index (χ3v) is 2.76. The summed E-state index contributed by atoms with van der Waals surface area (Å²) in [6, 6.07) is 5.45. The van der Waals surface area contributed by atoms with Gasteiger partial charge in [-0.2, -0.15) is 0 Å². The number of benzene rings is 1. The standard InChI is InChI=1S/C16H22N2O5/c1-10(19)11-6-5-7-12(8-11)18-13(14(20)21)9-17-15(22)23-16(2,3)4/h5-8,13,18H,9H2,1-4H3,(H,17,22)(H,20,21). The van der Waals surface area contributed by atoms with Gasteiger partial charge in [-0.1, -0.05) is 12.1 Å². The lowest BCUT2D eigenvalue weighted by Gasteiger charge is -2.21. The number of Topliss-reactive ketones (excluding diaryl/α,β-unsaturated/α-hetero) is 1. The van der Waals surface area contributed by atoms with Gasteiger partial charge in [0.05, 0.1) is 6.54 Å². The highest BCUT2D eigenvalue weighted by molar-refractivity contribution is 5.95. The molecule has 0 saturated heterocycles. The fourth-order valence-electron chi connectivity index (χ4n) is 1.73. The number of hydrogen-bond acceptors (Lipinski definition) is 5. The summed E-state index contributed by atoms with van der Waals surface area (Å²) in [5, 5.41) is 14.4. The number of aliphatic carboxylic acids is 1. The zero-order valence-corrected chi connectivity index (χ0v) is 13.7. The van der Waals surface area contributed by atoms with Crippen molar-refractivity contribution in [2.45, 2.75) is 39.3 Å². The second-order valence-corrected chi connectivity index (χ2v) is 6.05. The van der Waals surface area contributed by atoms with Crippen LogP contribution >= 0.6 is 0 Å². The molecular weight excluding hydrogens is 300 g/mol. The first-order valence-electron chi connectivity index (χ1n) is 7.15. The first kappa shape index (κ1) is 18.5. The second kappa shape index (κ2) is 7.62. The summed E-state index contributed by atoms with van der Waals surface area (Å²) in [7, 11) is 0. The van der Waals surface area contributed by atoms with Gasteiger partial charge in [0.1, 0.15) is 11.6 Å². The van der Waals surface area contributed by atoms with Crippen LogP contribution in [-0.4, -0.2) is 41.1 Å². The number of ether oxygens (including phenoxy) is 1. The Bertz CT molecular complexity index is 592. The van der Waals surface area contributed by atoms with Crippen LogP contribution < -0.4 is 10.6 Å². The van der Waals surface area contributed by atoms with Crippen molar-refractivity contribution >= 4 is 23.5 Å². The molecule has 0 saturated carbocycles. The maximum atomic E-state index is 11.6. The third kappa shape index (κ3) is 6.82. The smallest absolute Gasteiger partial charge is 0.407 e. The van der Waals surface area contributed by atoms with Gasteiger partial charge in [-0.3, -0.25) is 4.79 Å². The zero-order chi connectivity index (χ0) is 17.6. The van der Waals surface area contributed by atoms with Crippen molar-refractivity contribution in [3.8, 4) is 0 Å². The molecule has 23 heavy (non-hydrogen) atoms. The zero-order valence-electron chi connectivity index (χ0n) is 13.7. The first-order valence-corrected chi connectivity index (χ1v) is 7.15. The fraction of sp³-hybridized carbons (Fsp3) is 0.438. The second-order valence-electron chi connectivity index (χ2n) is 6.05. The predicted molar refractivity (Wildman–Crippen MR) is 85.7 cm³/mol. The normalized spacial score (nSPS) is 12.2. The van der Waals surface area contributed by atoms with Gasteiger partial charge in [0.2, 0.25) is 0 Å². The highest BCUT2D eigenvalue weighted by Crippen LogP contribution is 2.12. The molecule has 1 unspecified atom stereocenters. The van der Waals surface area contributed by atoms with Crippen LogP contribution in [0, 0.1) is 0 Å². The van der Waals surface area contributed by atoms with Crippen LogP contribution in [0.4, 0.5) is 10.5 Å². The van der Waals surface area contributed by atoms with E-state index in [1.165, 1.54) is 6.92 Å². The van der Waals surface area contributed by atoms with Crippen molar-refractivity contribution in [2.24, 2.45) is 0 Å². The average molecular weight is 322 g/mol. The number of carboxylic acids is 1. The lowest BCUT2D eigenvalue weighted by Crippen LogP contribution is -2.43. The maximum Gasteiger partial charge on any atom is 0.407 e. The summed E-state index contributed by atoms with van der Waals surface area (Å²) in [5.41, 5.74) is 0.293. The monoisotopic (exact) mass is 322 g/mol. The fourth-order valence-corrected chi connectivity index (χ4v) is 1.73. The van der Waals surface area contributed by atoms with Crippen LogP contribution in [-0.2, 0) is 9.53 Å². The van der Waals surface area contributed by atoms with Crippen LogP contribution in [0.3, 0.4) is 0 Å². The van der Waals surface area contributed by atoms with Gasteiger partial charge < -0.3 is 20.5 Å². The molecule has 1 amide bonds. The van der Waals surface area contributed by atoms with Gasteiger partial charge in [-0.15, -0.1) is 0 Å². The Morgan fingerprint density at radius 2 is 1.91 bits per heavy atom. The van der Waals surface area contributed by atoms with Crippen molar-refractivity contribution in [2.75, 3.05) is 11.9 Å². The van der Waals surface area contributed by atoms with Gasteiger partial charge in [-0.25, -0.2) is 9.59 Å². The number of ketones is 1. The van der Waals surface area contributed by atoms with E-state index >= 15 is 0 Å². The van der Waals surface area contributed by atoms with Crippen LogP contribution in [0.25, 0.3) is 0 Å². The molecule has 0 spiro atoms. The number of nitrogens with one attached hydrogen (secondary N) is 2. The number of hydrogen-bond donors (Lipinski definition) is 3. The maximum absolute atomic E-state index is 11.6. The molecule has 1 aromatic rings. The number of amides is 1. The van der Waals surface area contributed by atoms with E-state index in [2.05, 4.69) is 10.6 Å². The summed E-state index contributed by atoms with van der Waals surface area (Å²) in [6.45, 7) is 6.42. The number of carbonyl (C=O) groups excluding carboxylic acids is 2. The molecule has 1 atom stereocenters. The van der Waals surface area contributed by atoms with Gasteiger partial charge in [-0.05, 0) is 39.8 Å². The van der Waals surface area contributed by atoms with Gasteiger partial charge in [0, 0.05) is 11.3 Å². The topological polar surface area (TPSA) is 105 Å². The molecule has 0 radical (unpaired) electrons. The van der Waals surface area contributed by atoms with Gasteiger partial charge in [0.25, 0.3) is 0 Å². The molecule has 0 aromatic heterocycles. The van der Waals surface area contributed by atoms with E-state index in [-0.39, 0.29) is 12.3 Å². The average Bonchev–Trinajstić information content (AvgIpc) is 2.41. The molecule has 0 aliphatic carbocycles. The van der Waals surface area contributed by atoms with Crippen LogP contribution in [0.5, 0.6) is 0 Å². The molecule has 0 fully saturated rings. The van der Waals surface area contributed by atoms with E-state index in [0.29, 0.717) is 11.3 Å². The van der Waals surface area contributed by atoms with Crippen molar-refractivity contribution in [1.82, 2.24) is 5.32 Å². The Balaban J connectivity index is 2.69. The summed E-state index contributed by atoms with van der Waals surface area (Å²) in [5.74, 6) is -1.25. The Kier molecular flexibility index (Phi) is 6.12. The molecule has 7 nitrogen and oxygen atoms in total. The number of rotatable bonds is 6. The summed E-state index contributed by atoms with van der Waals surface area (Å²) < 4.78 is 5.05. The molecule has 7 heteroatoms. The summed E-state index contributed by atoms with van der Waals surface area (Å²) in [6.07, 6.45) is -0.692. The van der Waals surface area contributed by atoms with E-state index in [0.717, 1.165) is 0 Å². The predicted octanol–water partition coefficient (Wildman–Crippen LogP) is 2.28. The molecule has 1 aromatic carbocycles. The Labute approximate surface area is 135 Å². The number of carboxylic acid groups (broad SMARTS) is 1. The minimum absolute atomic E-state index is 0.118. The summed E-state index contributed by atoms with van der Waals surface area (Å²) in [4.78, 5) is 34.2. The highest BCUT2D eigenvalue weighted by atomic mass is 16.6. The van der Waals surface area contributed by atoms with Crippen molar-refractivity contribution < 1.29 is 24.2 Å². The minimum Gasteiger partial charge on any atom is -0.480 e. The van der Waals surface area contributed by atoms with Crippen molar-refractivity contribution in [3.63, 3.8) is 0 Å². The first-order chi connectivity index (χ1) is 10.6. The minimum atomic E-state index is -1.13. The summed E-state index contributed by atoms with van der Waals surface area (Å²) >= 11 is 0. The SMILES string of the molecule is CC(=O)c1cccc(NC(CNC(=O)OC(C)(C)C)C(=O)O)c1. The van der Waals surface area contributed by atoms with Crippen molar-refractivity contribution in [3.05, 3.63) is 29.8 Å². The largest absolute Gasteiger partial charge is 0.480 e. The van der Waals surface area contributed by atoms with E-state index in [1.54, 1.807) is 45.0 Å². The molecule has 0 bridgehead atoms. The van der Waals surface area contributed by atoms with Crippen LogP contribution in [0.2, 0.25) is 0 Å². The number of alkyl carbamates (subject to hydrolysis) is 1. The molecule has 3 N–H and O–H groups in total. The van der Waals surface area contributed by atoms with Crippen LogP contribution in [0.15, 0.2) is 24.3 Å². The van der Waals surface area contributed by atoms with Gasteiger partial charge in [0.15, 0.2) is 5.78 Å². The Morgan fingerprint density at radius 1 is 1.26 bits per heavy atom. The Morgan fingerprint density at radius 3 is 2.43 bits per heavy atom. The van der Waals surface area contributed by atoms with E-state index < -0.39 is 23.7 Å². The van der Waals surface area contributed by atoms with Crippen LogP contribution in [0.1, 0.15) is 38.1 Å². The number of carbonyl (C=O) groups is 3. The third-order valence-electron chi connectivity index (χ3n) is 2.76.